The molecule has 27 heavy (non-hydrogen) atoms. The van der Waals surface area contributed by atoms with Crippen LogP contribution in [-0.4, -0.2) is 31.1 Å². The third-order valence-corrected chi connectivity index (χ3v) is 6.70. The summed E-state index contributed by atoms with van der Waals surface area (Å²) in [5.41, 5.74) is 3.30. The number of nitrogens with zero attached hydrogens (tertiary/aromatic N) is 1. The number of amides is 1. The first-order chi connectivity index (χ1) is 13.2. The van der Waals surface area contributed by atoms with Gasteiger partial charge in [0.25, 0.3) is 0 Å². The number of hydrogen-bond acceptors (Lipinski definition) is 5. The van der Waals surface area contributed by atoms with E-state index in [1.165, 1.54) is 31.3 Å². The van der Waals surface area contributed by atoms with E-state index in [1.807, 2.05) is 5.43 Å². The maximum absolute atomic E-state index is 11.3. The molecular formula is C21H34N4O2. The van der Waals surface area contributed by atoms with Crippen LogP contribution < -0.4 is 16.1 Å². The number of rotatable bonds is 9. The van der Waals surface area contributed by atoms with E-state index in [2.05, 4.69) is 41.1 Å². The molecular weight excluding hydrogens is 340 g/mol. The minimum atomic E-state index is -0.291. The minimum absolute atomic E-state index is 0.291. The highest BCUT2D eigenvalue weighted by molar-refractivity contribution is 5.75. The normalized spacial score (nSPS) is 32.6. The third-order valence-electron chi connectivity index (χ3n) is 6.70. The molecule has 3 rings (SSSR count). The van der Waals surface area contributed by atoms with Crippen molar-refractivity contribution in [1.82, 2.24) is 16.1 Å². The summed E-state index contributed by atoms with van der Waals surface area (Å²) in [6.07, 6.45) is 15.1. The molecule has 2 aliphatic carbocycles. The predicted octanol–water partition coefficient (Wildman–Crippen LogP) is 3.21. The predicted molar refractivity (Wildman–Crippen MR) is 108 cm³/mol. The molecule has 6 heteroatoms. The third kappa shape index (κ3) is 5.72. The summed E-state index contributed by atoms with van der Waals surface area (Å²) in [6.45, 7) is 4.54. The van der Waals surface area contributed by atoms with Crippen LogP contribution in [0.1, 0.15) is 58.3 Å². The SMILES string of the molecule is CC1NC2CC=CCC2C1CCNCC1CC=C(CCC(=O)NN=O)CC1. The topological polar surface area (TPSA) is 82.6 Å². The van der Waals surface area contributed by atoms with E-state index in [1.54, 1.807) is 0 Å². The lowest BCUT2D eigenvalue weighted by atomic mass is 9.79. The second-order valence-corrected chi connectivity index (χ2v) is 8.45. The van der Waals surface area contributed by atoms with Crippen LogP contribution in [-0.2, 0) is 4.79 Å². The molecule has 1 saturated heterocycles. The number of allylic oxidation sites excluding steroid dienone is 3. The average molecular weight is 375 g/mol. The van der Waals surface area contributed by atoms with Gasteiger partial charge in [0, 0.05) is 18.5 Å². The minimum Gasteiger partial charge on any atom is -0.316 e. The molecule has 5 unspecified atom stereocenters. The van der Waals surface area contributed by atoms with Crippen LogP contribution in [0.15, 0.2) is 29.1 Å². The summed E-state index contributed by atoms with van der Waals surface area (Å²) < 4.78 is 0. The van der Waals surface area contributed by atoms with Crippen molar-refractivity contribution in [3.8, 4) is 0 Å². The van der Waals surface area contributed by atoms with Crippen LogP contribution >= 0.6 is 0 Å². The second kappa shape index (κ2) is 10.1. The molecule has 0 spiro atoms. The van der Waals surface area contributed by atoms with E-state index < -0.39 is 0 Å². The largest absolute Gasteiger partial charge is 0.316 e. The fraction of sp³-hybridized carbons (Fsp3) is 0.762. The lowest BCUT2D eigenvalue weighted by molar-refractivity contribution is -0.121. The first kappa shape index (κ1) is 20.2. The summed E-state index contributed by atoms with van der Waals surface area (Å²) in [6, 6.07) is 1.33. The van der Waals surface area contributed by atoms with Crippen LogP contribution in [0.4, 0.5) is 0 Å². The summed E-state index contributed by atoms with van der Waals surface area (Å²) in [5, 5.41) is 9.91. The first-order valence-electron chi connectivity index (χ1n) is 10.6. The number of nitroso groups, excluding NO2 is 1. The summed E-state index contributed by atoms with van der Waals surface area (Å²) in [7, 11) is 0. The van der Waals surface area contributed by atoms with Crippen molar-refractivity contribution >= 4 is 5.91 Å². The van der Waals surface area contributed by atoms with Crippen molar-refractivity contribution in [1.29, 1.82) is 0 Å². The number of fused-ring (bicyclic) bond motifs is 1. The highest BCUT2D eigenvalue weighted by Gasteiger charge is 2.39. The van der Waals surface area contributed by atoms with Crippen molar-refractivity contribution in [3.05, 3.63) is 28.7 Å². The van der Waals surface area contributed by atoms with Crippen molar-refractivity contribution in [2.24, 2.45) is 23.0 Å². The standard InChI is InChI=1S/C21H34N4O2/c1-15-18(19-4-2-3-5-20(19)23-15)12-13-22-14-17-8-6-16(7-9-17)10-11-21(26)24-25-27/h2-3,6,15,17-20,22-23H,4-5,7-14H2,1H3,(H,24,26,27). The molecule has 0 radical (unpaired) electrons. The number of carbonyl (C=O) groups excluding carboxylic acids is 1. The van der Waals surface area contributed by atoms with Gasteiger partial charge in [0.1, 0.15) is 0 Å². The van der Waals surface area contributed by atoms with Gasteiger partial charge in [-0.3, -0.25) is 4.79 Å². The Labute approximate surface area is 162 Å². The smallest absolute Gasteiger partial charge is 0.242 e. The molecule has 3 aliphatic rings. The highest BCUT2D eigenvalue weighted by Crippen LogP contribution is 2.36. The molecule has 1 aliphatic heterocycles. The Morgan fingerprint density at radius 1 is 1.30 bits per heavy atom. The van der Waals surface area contributed by atoms with Gasteiger partial charge < -0.3 is 10.6 Å². The number of nitrogens with one attached hydrogen (secondary N) is 3. The van der Waals surface area contributed by atoms with E-state index in [-0.39, 0.29) is 5.91 Å². The molecule has 0 aromatic rings. The van der Waals surface area contributed by atoms with Gasteiger partial charge in [0.15, 0.2) is 0 Å². The Morgan fingerprint density at radius 3 is 2.93 bits per heavy atom. The maximum atomic E-state index is 11.3. The van der Waals surface area contributed by atoms with Gasteiger partial charge in [0.05, 0.1) is 5.29 Å². The van der Waals surface area contributed by atoms with Crippen LogP contribution in [0, 0.1) is 22.7 Å². The monoisotopic (exact) mass is 374 g/mol. The maximum Gasteiger partial charge on any atom is 0.242 e. The van der Waals surface area contributed by atoms with E-state index >= 15 is 0 Å². The van der Waals surface area contributed by atoms with E-state index in [0.29, 0.717) is 24.4 Å². The Hall–Kier alpha value is -1.53. The Morgan fingerprint density at radius 2 is 2.15 bits per heavy atom. The highest BCUT2D eigenvalue weighted by atomic mass is 16.3. The van der Waals surface area contributed by atoms with Gasteiger partial charge in [-0.1, -0.05) is 23.8 Å². The van der Waals surface area contributed by atoms with E-state index in [9.17, 15) is 9.70 Å². The summed E-state index contributed by atoms with van der Waals surface area (Å²) in [5.74, 6) is 2.01. The van der Waals surface area contributed by atoms with Crippen molar-refractivity contribution in [2.75, 3.05) is 13.1 Å². The zero-order valence-corrected chi connectivity index (χ0v) is 16.5. The molecule has 1 heterocycles. The van der Waals surface area contributed by atoms with Gasteiger partial charge in [-0.05, 0) is 82.7 Å². The van der Waals surface area contributed by atoms with Gasteiger partial charge >= 0.3 is 0 Å². The quantitative estimate of drug-likeness (QED) is 0.250. The van der Waals surface area contributed by atoms with Gasteiger partial charge in [-0.25, -0.2) is 5.43 Å². The lowest BCUT2D eigenvalue weighted by Gasteiger charge is -2.26. The second-order valence-electron chi connectivity index (χ2n) is 8.45. The molecule has 0 aromatic heterocycles. The average Bonchev–Trinajstić information content (AvgIpc) is 3.00. The molecule has 0 bridgehead atoms. The zero-order chi connectivity index (χ0) is 19.1. The number of carbonyl (C=O) groups is 1. The van der Waals surface area contributed by atoms with Crippen LogP contribution in [0.3, 0.4) is 0 Å². The molecule has 3 N–H and O–H groups in total. The molecule has 0 saturated carbocycles. The zero-order valence-electron chi connectivity index (χ0n) is 16.5. The molecule has 150 valence electrons. The molecule has 5 atom stereocenters. The molecule has 1 amide bonds. The Kier molecular flexibility index (Phi) is 7.59. The Bertz CT molecular complexity index is 575. The fourth-order valence-electron chi connectivity index (χ4n) is 5.11. The van der Waals surface area contributed by atoms with Crippen molar-refractivity contribution in [3.63, 3.8) is 0 Å². The molecule has 6 nitrogen and oxygen atoms in total. The number of hydrogen-bond donors (Lipinski definition) is 3. The van der Waals surface area contributed by atoms with Crippen LogP contribution in [0.5, 0.6) is 0 Å². The molecule has 1 fully saturated rings. The Balaban J connectivity index is 1.31. The van der Waals surface area contributed by atoms with Crippen LogP contribution in [0.2, 0.25) is 0 Å². The van der Waals surface area contributed by atoms with Gasteiger partial charge in [-0.2, -0.15) is 0 Å². The van der Waals surface area contributed by atoms with Gasteiger partial charge in [-0.15, -0.1) is 4.91 Å². The summed E-state index contributed by atoms with van der Waals surface area (Å²) in [4.78, 5) is 21.3. The first-order valence-corrected chi connectivity index (χ1v) is 10.6. The van der Waals surface area contributed by atoms with E-state index in [0.717, 1.165) is 44.2 Å². The van der Waals surface area contributed by atoms with Crippen molar-refractivity contribution < 1.29 is 4.79 Å². The molecule has 0 aromatic carbocycles. The van der Waals surface area contributed by atoms with Crippen LogP contribution in [0.25, 0.3) is 0 Å². The lowest BCUT2D eigenvalue weighted by Crippen LogP contribution is -2.30. The summed E-state index contributed by atoms with van der Waals surface area (Å²) >= 11 is 0. The van der Waals surface area contributed by atoms with Crippen molar-refractivity contribution in [2.45, 2.75) is 70.4 Å². The van der Waals surface area contributed by atoms with E-state index in [4.69, 9.17) is 0 Å². The van der Waals surface area contributed by atoms with Gasteiger partial charge in [0.2, 0.25) is 5.91 Å². The fourth-order valence-corrected chi connectivity index (χ4v) is 5.11.